The molecule has 0 fully saturated rings. The van der Waals surface area contributed by atoms with E-state index >= 15 is 0 Å². The van der Waals surface area contributed by atoms with E-state index in [9.17, 15) is 4.79 Å². The van der Waals surface area contributed by atoms with Crippen molar-refractivity contribution >= 4 is 34.0 Å². The van der Waals surface area contributed by atoms with Gasteiger partial charge in [-0.3, -0.25) is 4.79 Å². The fourth-order valence-electron chi connectivity index (χ4n) is 2.72. The van der Waals surface area contributed by atoms with E-state index in [0.29, 0.717) is 10.2 Å². The van der Waals surface area contributed by atoms with Gasteiger partial charge in [-0.2, -0.15) is 0 Å². The summed E-state index contributed by atoms with van der Waals surface area (Å²) in [6.07, 6.45) is 1.77. The van der Waals surface area contributed by atoms with Gasteiger partial charge in [0.2, 0.25) is 5.91 Å². The van der Waals surface area contributed by atoms with Crippen LogP contribution in [0.25, 0.3) is 16.9 Å². The van der Waals surface area contributed by atoms with Gasteiger partial charge in [-0.15, -0.1) is 16.4 Å². The number of tetrazole rings is 1. The summed E-state index contributed by atoms with van der Waals surface area (Å²) in [5.74, 6) is -0.119. The van der Waals surface area contributed by atoms with Gasteiger partial charge in [-0.05, 0) is 47.2 Å². The van der Waals surface area contributed by atoms with Crippen LogP contribution in [0.1, 0.15) is 10.4 Å². The van der Waals surface area contributed by atoms with Crippen molar-refractivity contribution in [2.24, 2.45) is 0 Å². The van der Waals surface area contributed by atoms with Crippen LogP contribution in [0.3, 0.4) is 0 Å². The highest BCUT2D eigenvalue weighted by atomic mass is 35.5. The quantitative estimate of drug-likeness (QED) is 0.538. The van der Waals surface area contributed by atoms with Gasteiger partial charge in [-0.25, -0.2) is 9.67 Å². The van der Waals surface area contributed by atoms with Crippen LogP contribution in [0, 0.1) is 6.92 Å². The molecule has 2 heterocycles. The average molecular weight is 411 g/mol. The second-order valence-electron chi connectivity index (χ2n) is 6.08. The number of benzene rings is 2. The van der Waals surface area contributed by atoms with Gasteiger partial charge in [0, 0.05) is 15.5 Å². The highest BCUT2D eigenvalue weighted by Gasteiger charge is 2.12. The zero-order valence-corrected chi connectivity index (χ0v) is 16.4. The van der Waals surface area contributed by atoms with Gasteiger partial charge in [-0.1, -0.05) is 35.9 Å². The molecule has 1 amide bonds. The number of aromatic nitrogens is 5. The standard InChI is InChI=1S/C19H15ClN6OS/c1-12-18(14-4-6-15(20)7-5-14)23-19(28-12)22-17(27)10-13-2-8-16(9-3-13)26-11-21-24-25-26/h2-9,11H,10H2,1H3,(H,22,23,27). The lowest BCUT2D eigenvalue weighted by Gasteiger charge is -2.04. The zero-order valence-electron chi connectivity index (χ0n) is 14.8. The van der Waals surface area contributed by atoms with Crippen molar-refractivity contribution in [2.45, 2.75) is 13.3 Å². The summed E-state index contributed by atoms with van der Waals surface area (Å²) in [7, 11) is 0. The minimum atomic E-state index is -0.119. The Kier molecular flexibility index (Phi) is 5.14. The number of hydrogen-bond acceptors (Lipinski definition) is 6. The number of nitrogens with one attached hydrogen (secondary N) is 1. The fourth-order valence-corrected chi connectivity index (χ4v) is 3.70. The number of halogens is 1. The van der Waals surface area contributed by atoms with Crippen LogP contribution in [-0.4, -0.2) is 31.1 Å². The van der Waals surface area contributed by atoms with Crippen molar-refractivity contribution in [3.8, 4) is 16.9 Å². The molecule has 0 aliphatic rings. The van der Waals surface area contributed by atoms with E-state index in [2.05, 4.69) is 25.8 Å². The minimum Gasteiger partial charge on any atom is -0.302 e. The van der Waals surface area contributed by atoms with Gasteiger partial charge in [0.15, 0.2) is 5.13 Å². The van der Waals surface area contributed by atoms with Gasteiger partial charge in [0.1, 0.15) is 6.33 Å². The first-order valence-electron chi connectivity index (χ1n) is 8.44. The van der Waals surface area contributed by atoms with Crippen LogP contribution in [-0.2, 0) is 11.2 Å². The zero-order chi connectivity index (χ0) is 19.5. The lowest BCUT2D eigenvalue weighted by molar-refractivity contribution is -0.115. The second kappa shape index (κ2) is 7.87. The molecule has 0 radical (unpaired) electrons. The van der Waals surface area contributed by atoms with E-state index in [1.807, 2.05) is 55.5 Å². The van der Waals surface area contributed by atoms with Gasteiger partial charge in [0.05, 0.1) is 17.8 Å². The van der Waals surface area contributed by atoms with Crippen molar-refractivity contribution in [2.75, 3.05) is 5.32 Å². The Morgan fingerprint density at radius 3 is 2.57 bits per heavy atom. The number of carbonyl (C=O) groups is 1. The number of amides is 1. The number of thiazole rings is 1. The van der Waals surface area contributed by atoms with Crippen molar-refractivity contribution in [1.82, 2.24) is 25.2 Å². The largest absolute Gasteiger partial charge is 0.302 e. The Morgan fingerprint density at radius 2 is 1.89 bits per heavy atom. The molecule has 4 rings (SSSR count). The van der Waals surface area contributed by atoms with E-state index in [1.54, 1.807) is 4.68 Å². The highest BCUT2D eigenvalue weighted by Crippen LogP contribution is 2.31. The molecule has 0 unspecified atom stereocenters. The van der Waals surface area contributed by atoms with Crippen LogP contribution >= 0.6 is 22.9 Å². The molecule has 0 saturated carbocycles. The Hall–Kier alpha value is -3.10. The number of hydrogen-bond donors (Lipinski definition) is 1. The predicted molar refractivity (Wildman–Crippen MR) is 109 cm³/mol. The fraction of sp³-hybridized carbons (Fsp3) is 0.105. The molecule has 28 heavy (non-hydrogen) atoms. The minimum absolute atomic E-state index is 0.119. The molecule has 2 aromatic carbocycles. The van der Waals surface area contributed by atoms with Crippen molar-refractivity contribution in [1.29, 1.82) is 0 Å². The van der Waals surface area contributed by atoms with Crippen LogP contribution in [0.15, 0.2) is 54.9 Å². The number of carbonyl (C=O) groups excluding carboxylic acids is 1. The second-order valence-corrected chi connectivity index (χ2v) is 7.72. The lowest BCUT2D eigenvalue weighted by Crippen LogP contribution is -2.14. The van der Waals surface area contributed by atoms with Gasteiger partial charge < -0.3 is 5.32 Å². The molecule has 2 aromatic heterocycles. The Balaban J connectivity index is 1.42. The molecule has 9 heteroatoms. The summed E-state index contributed by atoms with van der Waals surface area (Å²) < 4.78 is 1.56. The van der Waals surface area contributed by atoms with Gasteiger partial charge in [0.25, 0.3) is 0 Å². The first-order chi connectivity index (χ1) is 13.6. The Morgan fingerprint density at radius 1 is 1.14 bits per heavy atom. The third kappa shape index (κ3) is 4.08. The van der Waals surface area contributed by atoms with Crippen LogP contribution in [0.5, 0.6) is 0 Å². The van der Waals surface area contributed by atoms with E-state index in [-0.39, 0.29) is 12.3 Å². The molecule has 0 saturated heterocycles. The third-order valence-electron chi connectivity index (χ3n) is 4.08. The van der Waals surface area contributed by atoms with Crippen molar-refractivity contribution < 1.29 is 4.79 Å². The Labute approximate surface area is 170 Å². The number of rotatable bonds is 5. The lowest BCUT2D eigenvalue weighted by atomic mass is 10.1. The third-order valence-corrected chi connectivity index (χ3v) is 5.21. The summed E-state index contributed by atoms with van der Waals surface area (Å²) >= 11 is 7.39. The van der Waals surface area contributed by atoms with Crippen LogP contribution < -0.4 is 5.32 Å². The monoisotopic (exact) mass is 410 g/mol. The number of anilines is 1. The molecule has 0 atom stereocenters. The molecule has 0 bridgehead atoms. The molecule has 0 spiro atoms. The topological polar surface area (TPSA) is 85.6 Å². The molecule has 7 nitrogen and oxygen atoms in total. The molecule has 0 aliphatic heterocycles. The van der Waals surface area contributed by atoms with Gasteiger partial charge >= 0.3 is 0 Å². The normalized spacial score (nSPS) is 10.8. The molecule has 0 aliphatic carbocycles. The summed E-state index contributed by atoms with van der Waals surface area (Å²) in [6, 6.07) is 15.0. The SMILES string of the molecule is Cc1sc(NC(=O)Cc2ccc(-n3cnnn3)cc2)nc1-c1ccc(Cl)cc1. The van der Waals surface area contributed by atoms with E-state index in [0.717, 1.165) is 27.4 Å². The maximum absolute atomic E-state index is 12.4. The van der Waals surface area contributed by atoms with Crippen LogP contribution in [0.2, 0.25) is 5.02 Å². The maximum atomic E-state index is 12.4. The number of nitrogens with zero attached hydrogens (tertiary/aromatic N) is 5. The molecular weight excluding hydrogens is 396 g/mol. The van der Waals surface area contributed by atoms with E-state index in [4.69, 9.17) is 11.6 Å². The molecule has 1 N–H and O–H groups in total. The van der Waals surface area contributed by atoms with Crippen molar-refractivity contribution in [3.05, 3.63) is 70.3 Å². The summed E-state index contributed by atoms with van der Waals surface area (Å²) in [6.45, 7) is 1.98. The molecule has 4 aromatic rings. The Bertz CT molecular complexity index is 1090. The smallest absolute Gasteiger partial charge is 0.230 e. The summed E-state index contributed by atoms with van der Waals surface area (Å²) in [4.78, 5) is 18.0. The summed E-state index contributed by atoms with van der Waals surface area (Å²) in [5, 5.41) is 15.2. The molecule has 140 valence electrons. The van der Waals surface area contributed by atoms with Crippen LogP contribution in [0.4, 0.5) is 5.13 Å². The maximum Gasteiger partial charge on any atom is 0.230 e. The number of aryl methyl sites for hydroxylation is 1. The van der Waals surface area contributed by atoms with E-state index in [1.165, 1.54) is 17.7 Å². The first kappa shape index (κ1) is 18.3. The molecular formula is C19H15ClN6OS. The first-order valence-corrected chi connectivity index (χ1v) is 9.63. The predicted octanol–water partition coefficient (Wildman–Crippen LogP) is 3.93. The highest BCUT2D eigenvalue weighted by molar-refractivity contribution is 7.16. The average Bonchev–Trinajstić information content (AvgIpc) is 3.33. The van der Waals surface area contributed by atoms with Crippen molar-refractivity contribution in [3.63, 3.8) is 0 Å². The summed E-state index contributed by atoms with van der Waals surface area (Å²) in [5.41, 5.74) is 3.54. The van der Waals surface area contributed by atoms with E-state index < -0.39 is 0 Å².